The van der Waals surface area contributed by atoms with Crippen LogP contribution in [-0.2, 0) is 0 Å². The number of ether oxygens (including phenoxy) is 1. The fourth-order valence-electron chi connectivity index (χ4n) is 2.60. The van der Waals surface area contributed by atoms with Crippen molar-refractivity contribution in [1.82, 2.24) is 20.2 Å². The van der Waals surface area contributed by atoms with Crippen LogP contribution in [0, 0.1) is 5.82 Å². The Morgan fingerprint density at radius 1 is 1.30 bits per heavy atom. The minimum absolute atomic E-state index is 0.142. The number of benzene rings is 1. The van der Waals surface area contributed by atoms with Crippen molar-refractivity contribution in [3.8, 4) is 5.75 Å². The number of aliphatic hydroxyl groups excluding tert-OH is 1. The van der Waals surface area contributed by atoms with Crippen molar-refractivity contribution in [3.63, 3.8) is 0 Å². The Kier molecular flexibility index (Phi) is 5.45. The van der Waals surface area contributed by atoms with E-state index in [1.54, 1.807) is 0 Å². The number of rotatable bonds is 7. The summed E-state index contributed by atoms with van der Waals surface area (Å²) in [4.78, 5) is 0. The van der Waals surface area contributed by atoms with Crippen LogP contribution < -0.4 is 4.74 Å². The second-order valence-electron chi connectivity index (χ2n) is 5.57. The predicted molar refractivity (Wildman–Crippen MR) is 83.9 cm³/mol. The molecule has 1 atom stereocenters. The molecular formula is C15H19FN4O2S. The van der Waals surface area contributed by atoms with Crippen LogP contribution in [0.2, 0.25) is 0 Å². The maximum Gasteiger partial charge on any atom is 0.209 e. The summed E-state index contributed by atoms with van der Waals surface area (Å²) in [5.74, 6) is 0.660. The Hall–Kier alpha value is -1.67. The quantitative estimate of drug-likeness (QED) is 0.782. The van der Waals surface area contributed by atoms with E-state index in [0.717, 1.165) is 18.0 Å². The molecular weight excluding hydrogens is 319 g/mol. The van der Waals surface area contributed by atoms with Gasteiger partial charge in [-0.25, -0.2) is 9.07 Å². The van der Waals surface area contributed by atoms with Gasteiger partial charge in [-0.2, -0.15) is 0 Å². The van der Waals surface area contributed by atoms with E-state index >= 15 is 0 Å². The molecule has 2 aromatic rings. The predicted octanol–water partition coefficient (Wildman–Crippen LogP) is 2.46. The molecule has 0 aliphatic heterocycles. The second-order valence-corrected chi connectivity index (χ2v) is 6.56. The molecule has 1 heterocycles. The van der Waals surface area contributed by atoms with Gasteiger partial charge >= 0.3 is 0 Å². The first-order valence-corrected chi connectivity index (χ1v) is 8.68. The topological polar surface area (TPSA) is 73.1 Å². The van der Waals surface area contributed by atoms with Crippen LogP contribution >= 0.6 is 11.8 Å². The Morgan fingerprint density at radius 2 is 2.04 bits per heavy atom. The molecule has 0 bridgehead atoms. The van der Waals surface area contributed by atoms with Crippen LogP contribution in [0.15, 0.2) is 29.4 Å². The molecule has 1 unspecified atom stereocenters. The van der Waals surface area contributed by atoms with E-state index < -0.39 is 6.10 Å². The highest BCUT2D eigenvalue weighted by Gasteiger charge is 2.22. The summed E-state index contributed by atoms with van der Waals surface area (Å²) >= 11 is 1.42. The SMILES string of the molecule is OC(COc1ccc(F)cc1)CSc1nnnn1C1CCCC1. The van der Waals surface area contributed by atoms with Gasteiger partial charge in [0.1, 0.15) is 18.2 Å². The summed E-state index contributed by atoms with van der Waals surface area (Å²) in [5, 5.41) is 22.6. The summed E-state index contributed by atoms with van der Waals surface area (Å²) < 4.78 is 20.1. The molecule has 23 heavy (non-hydrogen) atoms. The van der Waals surface area contributed by atoms with Crippen molar-refractivity contribution in [2.45, 2.75) is 43.0 Å². The second kappa shape index (κ2) is 7.74. The molecule has 0 radical (unpaired) electrons. The van der Waals surface area contributed by atoms with Crippen molar-refractivity contribution in [3.05, 3.63) is 30.1 Å². The van der Waals surface area contributed by atoms with Crippen LogP contribution in [0.25, 0.3) is 0 Å². The van der Waals surface area contributed by atoms with E-state index in [2.05, 4.69) is 15.5 Å². The Labute approximate surface area is 138 Å². The zero-order valence-electron chi connectivity index (χ0n) is 12.6. The van der Waals surface area contributed by atoms with Gasteiger partial charge in [-0.05, 0) is 47.5 Å². The molecule has 1 aromatic carbocycles. The first kappa shape index (κ1) is 16.2. The van der Waals surface area contributed by atoms with E-state index in [1.165, 1.54) is 48.9 Å². The van der Waals surface area contributed by atoms with Crippen molar-refractivity contribution >= 4 is 11.8 Å². The largest absolute Gasteiger partial charge is 0.491 e. The standard InChI is InChI=1S/C15H19FN4O2S/c16-11-5-7-14(8-6-11)22-9-13(21)10-23-15-17-18-19-20(15)12-3-1-2-4-12/h5-8,12-13,21H,1-4,9-10H2. The molecule has 1 fully saturated rings. The minimum atomic E-state index is -0.654. The van der Waals surface area contributed by atoms with Gasteiger partial charge in [-0.15, -0.1) is 5.10 Å². The maximum absolute atomic E-state index is 12.8. The third-order valence-electron chi connectivity index (χ3n) is 3.79. The van der Waals surface area contributed by atoms with E-state index in [9.17, 15) is 9.50 Å². The highest BCUT2D eigenvalue weighted by atomic mass is 32.2. The first-order chi connectivity index (χ1) is 11.2. The molecule has 0 amide bonds. The summed E-state index contributed by atoms with van der Waals surface area (Å²) in [6.45, 7) is 0.142. The van der Waals surface area contributed by atoms with Gasteiger partial charge in [-0.3, -0.25) is 0 Å². The van der Waals surface area contributed by atoms with E-state index in [4.69, 9.17) is 4.74 Å². The first-order valence-electron chi connectivity index (χ1n) is 7.69. The third kappa shape index (κ3) is 4.42. The third-order valence-corrected chi connectivity index (χ3v) is 4.87. The zero-order chi connectivity index (χ0) is 16.1. The molecule has 1 N–H and O–H groups in total. The van der Waals surface area contributed by atoms with Gasteiger partial charge in [0, 0.05) is 5.75 Å². The average molecular weight is 338 g/mol. The lowest BCUT2D eigenvalue weighted by Gasteiger charge is -2.13. The molecule has 1 aliphatic carbocycles. The summed E-state index contributed by atoms with van der Waals surface area (Å²) in [7, 11) is 0. The van der Waals surface area contributed by atoms with E-state index in [-0.39, 0.29) is 12.4 Å². The Bertz CT molecular complexity index is 616. The highest BCUT2D eigenvalue weighted by molar-refractivity contribution is 7.99. The number of tetrazole rings is 1. The van der Waals surface area contributed by atoms with Crippen molar-refractivity contribution in [1.29, 1.82) is 0 Å². The van der Waals surface area contributed by atoms with Gasteiger partial charge < -0.3 is 9.84 Å². The summed E-state index contributed by atoms with van der Waals surface area (Å²) in [5.41, 5.74) is 0. The average Bonchev–Trinajstić information content (AvgIpc) is 3.23. The normalized spacial score (nSPS) is 16.6. The van der Waals surface area contributed by atoms with Crippen LogP contribution in [0.4, 0.5) is 4.39 Å². The smallest absolute Gasteiger partial charge is 0.209 e. The highest BCUT2D eigenvalue weighted by Crippen LogP contribution is 2.31. The lowest BCUT2D eigenvalue weighted by atomic mass is 10.3. The lowest BCUT2D eigenvalue weighted by Crippen LogP contribution is -2.20. The number of aliphatic hydroxyl groups is 1. The van der Waals surface area contributed by atoms with E-state index in [0.29, 0.717) is 17.5 Å². The van der Waals surface area contributed by atoms with Crippen LogP contribution in [-0.4, -0.2) is 43.8 Å². The number of nitrogens with zero attached hydrogens (tertiary/aromatic N) is 4. The molecule has 1 aromatic heterocycles. The number of aromatic nitrogens is 4. The molecule has 1 saturated carbocycles. The van der Waals surface area contributed by atoms with Crippen LogP contribution in [0.3, 0.4) is 0 Å². The molecule has 1 aliphatic rings. The van der Waals surface area contributed by atoms with Gasteiger partial charge in [0.15, 0.2) is 0 Å². The maximum atomic E-state index is 12.8. The van der Waals surface area contributed by atoms with Gasteiger partial charge in [0.25, 0.3) is 0 Å². The van der Waals surface area contributed by atoms with Crippen molar-refractivity contribution in [2.75, 3.05) is 12.4 Å². The molecule has 8 heteroatoms. The summed E-state index contributed by atoms with van der Waals surface area (Å²) in [6, 6.07) is 6.10. The number of hydrogen-bond donors (Lipinski definition) is 1. The monoisotopic (exact) mass is 338 g/mol. The fourth-order valence-corrected chi connectivity index (χ4v) is 3.45. The molecule has 0 spiro atoms. The van der Waals surface area contributed by atoms with Gasteiger partial charge in [0.2, 0.25) is 5.16 Å². The number of thioether (sulfide) groups is 1. The Morgan fingerprint density at radius 3 is 2.78 bits per heavy atom. The lowest BCUT2D eigenvalue weighted by molar-refractivity contribution is 0.126. The molecule has 0 saturated heterocycles. The molecule has 3 rings (SSSR count). The van der Waals surface area contributed by atoms with Gasteiger partial charge in [0.05, 0.1) is 12.1 Å². The van der Waals surface area contributed by atoms with Crippen LogP contribution in [0.1, 0.15) is 31.7 Å². The molecule has 124 valence electrons. The Balaban J connectivity index is 1.46. The number of hydrogen-bond acceptors (Lipinski definition) is 6. The van der Waals surface area contributed by atoms with Crippen molar-refractivity contribution < 1.29 is 14.2 Å². The van der Waals surface area contributed by atoms with Gasteiger partial charge in [-0.1, -0.05) is 24.6 Å². The van der Waals surface area contributed by atoms with Crippen molar-refractivity contribution in [2.24, 2.45) is 0 Å². The minimum Gasteiger partial charge on any atom is -0.491 e. The summed E-state index contributed by atoms with van der Waals surface area (Å²) in [6.07, 6.45) is 3.98. The van der Waals surface area contributed by atoms with E-state index in [1.807, 2.05) is 4.68 Å². The molecule has 6 nitrogen and oxygen atoms in total. The zero-order valence-corrected chi connectivity index (χ0v) is 13.5. The fraction of sp³-hybridized carbons (Fsp3) is 0.533. The number of halogens is 1. The van der Waals surface area contributed by atoms with Crippen LogP contribution in [0.5, 0.6) is 5.75 Å².